The van der Waals surface area contributed by atoms with E-state index < -0.39 is 27.5 Å². The predicted molar refractivity (Wildman–Crippen MR) is 19.3 cm³/mol. The molecule has 14 heteroatoms. The zero-order chi connectivity index (χ0) is 10.7. The zero-order valence-electron chi connectivity index (χ0n) is 5.71. The smallest absolute Gasteiger partial charge is 0.672 e. The van der Waals surface area contributed by atoms with E-state index in [-0.39, 0.29) is 93.8 Å². The van der Waals surface area contributed by atoms with Crippen molar-refractivity contribution in [3.63, 3.8) is 0 Å². The summed E-state index contributed by atoms with van der Waals surface area (Å²) in [6.07, 6.45) is 0. The Bertz CT molecular complexity index is 116. The van der Waals surface area contributed by atoms with Gasteiger partial charge in [0.15, 0.2) is 0 Å². The van der Waals surface area contributed by atoms with E-state index >= 15 is 0 Å². The summed E-state index contributed by atoms with van der Waals surface area (Å²) in [6, 6.07) is 0. The number of rotatable bonds is 0. The SMILES string of the molecule is O=[Si]([O-])[O-].O=[Si]([O-])[O-].O=[Si]([O-])[O-].[Yb+3].[Yb+3]. The van der Waals surface area contributed by atoms with Gasteiger partial charge in [0.25, 0.3) is 0 Å². The second-order valence-electron chi connectivity index (χ2n) is 0.750. The fourth-order valence-corrected chi connectivity index (χ4v) is 0. The third-order valence-electron chi connectivity index (χ3n) is 0. The van der Waals surface area contributed by atoms with Crippen LogP contribution in [0.2, 0.25) is 0 Å². The molecule has 9 nitrogen and oxygen atoms in total. The summed E-state index contributed by atoms with van der Waals surface area (Å²) in [5, 5.41) is 0. The quantitative estimate of drug-likeness (QED) is 0.253. The van der Waals surface area contributed by atoms with Crippen LogP contribution in [0.15, 0.2) is 0 Å². The van der Waals surface area contributed by atoms with Crippen molar-refractivity contribution in [2.24, 2.45) is 0 Å². The third-order valence-corrected chi connectivity index (χ3v) is 0. The molecule has 0 aromatic carbocycles. The molecule has 0 aromatic heterocycles. The minimum atomic E-state index is -3.63. The molecule has 0 bridgehead atoms. The van der Waals surface area contributed by atoms with Gasteiger partial charge in [-0.2, -0.15) is 0 Å². The molecule has 0 fully saturated rings. The Hall–Kier alpha value is 1.89. The van der Waals surface area contributed by atoms with Crippen LogP contribution < -0.4 is 28.8 Å². The van der Waals surface area contributed by atoms with Crippen molar-refractivity contribution in [2.45, 2.75) is 0 Å². The van der Waals surface area contributed by atoms with Gasteiger partial charge in [-0.3, -0.25) is 0 Å². The van der Waals surface area contributed by atoms with Crippen LogP contribution in [-0.2, 0) is 13.4 Å². The molecule has 0 aliphatic rings. The van der Waals surface area contributed by atoms with Crippen molar-refractivity contribution in [2.75, 3.05) is 0 Å². The second-order valence-corrected chi connectivity index (χ2v) is 2.25. The summed E-state index contributed by atoms with van der Waals surface area (Å²) in [4.78, 5) is 51.1. The molecule has 14 heavy (non-hydrogen) atoms. The number of hydrogen-bond acceptors (Lipinski definition) is 9. The van der Waals surface area contributed by atoms with Gasteiger partial charge in [-0.15, -0.1) is 0 Å². The van der Waals surface area contributed by atoms with Gasteiger partial charge in [0.1, 0.15) is 0 Å². The van der Waals surface area contributed by atoms with Crippen molar-refractivity contribution < 1.29 is 136 Å². The maximum atomic E-state index is 8.52. The topological polar surface area (TPSA) is 190 Å². The van der Waals surface area contributed by atoms with E-state index in [2.05, 4.69) is 0 Å². The van der Waals surface area contributed by atoms with E-state index in [1.807, 2.05) is 0 Å². The Balaban J connectivity index is -0.0000000270. The molecule has 0 N–H and O–H groups in total. The average molecular weight is 574 g/mol. The maximum absolute atomic E-state index is 8.52. The van der Waals surface area contributed by atoms with Crippen LogP contribution in [-0.4, -0.2) is 27.5 Å². The Morgan fingerprint density at radius 2 is 0.500 bits per heavy atom. The molecule has 0 heterocycles. The first-order valence-corrected chi connectivity index (χ1v) is 5.51. The van der Waals surface area contributed by atoms with Gasteiger partial charge in [-0.1, -0.05) is 0 Å². The molecule has 0 atom stereocenters. The molecular weight excluding hydrogens is 574 g/mol. The summed E-state index contributed by atoms with van der Waals surface area (Å²) in [5.74, 6) is 0. The van der Waals surface area contributed by atoms with Gasteiger partial charge in [-0.05, 0) is 0 Å². The van der Waals surface area contributed by atoms with Gasteiger partial charge in [0.05, 0.1) is 0 Å². The van der Waals surface area contributed by atoms with Crippen LogP contribution in [0.4, 0.5) is 0 Å². The molecule has 0 saturated heterocycles. The van der Waals surface area contributed by atoms with E-state index in [9.17, 15) is 0 Å². The van der Waals surface area contributed by atoms with E-state index in [0.29, 0.717) is 0 Å². The Morgan fingerprint density at radius 1 is 0.500 bits per heavy atom. The Morgan fingerprint density at radius 3 is 0.500 bits per heavy atom. The maximum Gasteiger partial charge on any atom is 3.00 e. The van der Waals surface area contributed by atoms with Gasteiger partial charge in [0.2, 0.25) is 0 Å². The van der Waals surface area contributed by atoms with E-state index in [0.717, 1.165) is 0 Å². The van der Waals surface area contributed by atoms with Crippen molar-refractivity contribution in [1.82, 2.24) is 0 Å². The summed E-state index contributed by atoms with van der Waals surface area (Å²) < 4.78 is 25.6. The molecule has 2 radical (unpaired) electrons. The molecular formula is O9Si3Yb2. The summed E-state index contributed by atoms with van der Waals surface area (Å²) in [5.41, 5.74) is 0. The van der Waals surface area contributed by atoms with Gasteiger partial charge < -0.3 is 42.2 Å². The molecule has 0 aliphatic heterocycles. The summed E-state index contributed by atoms with van der Waals surface area (Å²) in [7, 11) is -10.9. The van der Waals surface area contributed by atoms with Crippen LogP contribution in [0.5, 0.6) is 0 Å². The first-order chi connectivity index (χ1) is 5.20. The van der Waals surface area contributed by atoms with Crippen LogP contribution in [0, 0.1) is 93.8 Å². The largest absolute Gasteiger partial charge is 3.00 e. The molecule has 0 unspecified atom stereocenters. The van der Waals surface area contributed by atoms with Crippen LogP contribution in [0.1, 0.15) is 0 Å². The Labute approximate surface area is 160 Å². The molecule has 0 spiro atoms. The van der Waals surface area contributed by atoms with Crippen molar-refractivity contribution in [3.05, 3.63) is 0 Å². The molecule has 0 rings (SSSR count). The van der Waals surface area contributed by atoms with Crippen molar-refractivity contribution in [1.29, 1.82) is 0 Å². The van der Waals surface area contributed by atoms with E-state index in [4.69, 9.17) is 42.2 Å². The minimum absolute atomic E-state index is 0. The van der Waals surface area contributed by atoms with E-state index in [1.165, 1.54) is 0 Å². The zero-order valence-corrected chi connectivity index (χ0v) is 12.1. The first kappa shape index (κ1) is 29.7. The van der Waals surface area contributed by atoms with Crippen LogP contribution >= 0.6 is 0 Å². The molecule has 0 saturated carbocycles. The fraction of sp³-hybridized carbons (Fsp3) is 0. The van der Waals surface area contributed by atoms with E-state index in [1.54, 1.807) is 0 Å². The first-order valence-electron chi connectivity index (χ1n) is 1.84. The summed E-state index contributed by atoms with van der Waals surface area (Å²) in [6.45, 7) is 0. The Kier molecular flexibility index (Phi) is 51.4. The average Bonchev–Trinajstić information content (AvgIpc) is 1.54. The molecule has 0 amide bonds. The predicted octanol–water partition coefficient (Wildman–Crippen LogP) is -8.63. The molecule has 0 aliphatic carbocycles. The van der Waals surface area contributed by atoms with Crippen molar-refractivity contribution >= 4 is 27.5 Å². The van der Waals surface area contributed by atoms with Gasteiger partial charge in [-0.25, -0.2) is 0 Å². The molecule has 94 valence electrons. The van der Waals surface area contributed by atoms with Crippen LogP contribution in [0.3, 0.4) is 0 Å². The second kappa shape index (κ2) is 24.2. The summed E-state index contributed by atoms with van der Waals surface area (Å²) >= 11 is 0. The van der Waals surface area contributed by atoms with Crippen molar-refractivity contribution in [3.8, 4) is 0 Å². The monoisotopic (exact) mass is 576 g/mol. The van der Waals surface area contributed by atoms with Gasteiger partial charge >= 0.3 is 93.8 Å². The standard InChI is InChI=1S/3O3Si.2Yb/c3*1-4(2)3;;/q3*-2;2*+3. The van der Waals surface area contributed by atoms with Crippen LogP contribution in [0.25, 0.3) is 0 Å². The number of hydrogen-bond donors (Lipinski definition) is 0. The third kappa shape index (κ3) is 646. The fourth-order valence-electron chi connectivity index (χ4n) is 0. The van der Waals surface area contributed by atoms with Gasteiger partial charge in [0, 0.05) is 27.5 Å². The molecule has 0 aromatic rings. The minimum Gasteiger partial charge on any atom is -0.672 e. The normalized spacial score (nSPS) is 5.14.